The molecule has 2 unspecified atom stereocenters. The molecular formula is C14H18FNO4. The summed E-state index contributed by atoms with van der Waals surface area (Å²) in [6.07, 6.45) is 3.12. The first kappa shape index (κ1) is 14.7. The lowest BCUT2D eigenvalue weighted by molar-refractivity contribution is -0.385. The van der Waals surface area contributed by atoms with Crippen molar-refractivity contribution < 1.29 is 19.2 Å². The van der Waals surface area contributed by atoms with Crippen molar-refractivity contribution in [2.45, 2.75) is 51.2 Å². The fourth-order valence-corrected chi connectivity index (χ4v) is 2.49. The van der Waals surface area contributed by atoms with E-state index in [-0.39, 0.29) is 11.4 Å². The van der Waals surface area contributed by atoms with Gasteiger partial charge in [0.25, 0.3) is 5.69 Å². The molecule has 110 valence electrons. The maximum atomic E-state index is 13.9. The predicted molar refractivity (Wildman–Crippen MR) is 71.3 cm³/mol. The molecule has 2 rings (SSSR count). The number of nitro groups is 1. The second-order valence-corrected chi connectivity index (χ2v) is 5.19. The van der Waals surface area contributed by atoms with E-state index in [2.05, 4.69) is 0 Å². The standard InChI is InChI=1S/C14H18FNO4/c1-9-7-14(10(15)8-11(9)16(18)19)20-13-6-4-2-3-5-12(13)17/h7-8,12-13,17H,2-6H2,1H3. The number of hydrogen-bond donors (Lipinski definition) is 1. The van der Waals surface area contributed by atoms with E-state index in [9.17, 15) is 19.6 Å². The zero-order chi connectivity index (χ0) is 14.7. The summed E-state index contributed by atoms with van der Waals surface area (Å²) in [5.74, 6) is -0.794. The van der Waals surface area contributed by atoms with Crippen molar-refractivity contribution in [1.82, 2.24) is 0 Å². The van der Waals surface area contributed by atoms with Gasteiger partial charge in [-0.15, -0.1) is 0 Å². The number of nitro benzene ring substituents is 1. The van der Waals surface area contributed by atoms with Crippen molar-refractivity contribution in [3.8, 4) is 5.75 Å². The summed E-state index contributed by atoms with van der Waals surface area (Å²) in [4.78, 5) is 10.1. The molecule has 0 aromatic heterocycles. The highest BCUT2D eigenvalue weighted by Gasteiger charge is 2.25. The highest BCUT2D eigenvalue weighted by atomic mass is 19.1. The number of hydrogen-bond acceptors (Lipinski definition) is 4. The quantitative estimate of drug-likeness (QED) is 0.525. The Morgan fingerprint density at radius 1 is 1.35 bits per heavy atom. The first-order valence-corrected chi connectivity index (χ1v) is 6.78. The largest absolute Gasteiger partial charge is 0.485 e. The van der Waals surface area contributed by atoms with E-state index in [0.717, 1.165) is 25.3 Å². The normalized spacial score (nSPS) is 23.1. The van der Waals surface area contributed by atoms with Crippen molar-refractivity contribution in [2.24, 2.45) is 0 Å². The number of aliphatic hydroxyl groups is 1. The van der Waals surface area contributed by atoms with Gasteiger partial charge in [-0.25, -0.2) is 4.39 Å². The molecule has 0 aliphatic heterocycles. The lowest BCUT2D eigenvalue weighted by Crippen LogP contribution is -2.30. The van der Waals surface area contributed by atoms with Gasteiger partial charge in [-0.05, 0) is 32.3 Å². The van der Waals surface area contributed by atoms with Gasteiger partial charge in [0, 0.05) is 5.56 Å². The van der Waals surface area contributed by atoms with E-state index in [1.54, 1.807) is 0 Å². The molecule has 1 aliphatic carbocycles. The van der Waals surface area contributed by atoms with Gasteiger partial charge in [-0.2, -0.15) is 0 Å². The van der Waals surface area contributed by atoms with Gasteiger partial charge in [-0.1, -0.05) is 12.8 Å². The molecule has 1 saturated carbocycles. The third-order valence-corrected chi connectivity index (χ3v) is 3.64. The van der Waals surface area contributed by atoms with Gasteiger partial charge >= 0.3 is 0 Å². The van der Waals surface area contributed by atoms with Crippen LogP contribution in [0.1, 0.15) is 37.7 Å². The number of rotatable bonds is 3. The monoisotopic (exact) mass is 283 g/mol. The van der Waals surface area contributed by atoms with Gasteiger partial charge in [0.15, 0.2) is 11.6 Å². The van der Waals surface area contributed by atoms with Gasteiger partial charge in [0.2, 0.25) is 0 Å². The van der Waals surface area contributed by atoms with E-state index in [1.807, 2.05) is 0 Å². The predicted octanol–water partition coefficient (Wildman–Crippen LogP) is 3.11. The number of halogens is 1. The molecule has 1 N–H and O–H groups in total. The summed E-state index contributed by atoms with van der Waals surface area (Å²) in [5, 5.41) is 20.7. The maximum absolute atomic E-state index is 13.9. The van der Waals surface area contributed by atoms with E-state index in [0.29, 0.717) is 18.4 Å². The van der Waals surface area contributed by atoms with Crippen LogP contribution in [0.25, 0.3) is 0 Å². The molecule has 1 aromatic rings. The van der Waals surface area contributed by atoms with Gasteiger partial charge in [-0.3, -0.25) is 10.1 Å². The van der Waals surface area contributed by atoms with Crippen molar-refractivity contribution in [1.29, 1.82) is 0 Å². The van der Waals surface area contributed by atoms with Gasteiger partial charge < -0.3 is 9.84 Å². The Morgan fingerprint density at radius 2 is 2.05 bits per heavy atom. The first-order chi connectivity index (χ1) is 9.49. The van der Waals surface area contributed by atoms with Crippen LogP contribution in [0.4, 0.5) is 10.1 Å². The van der Waals surface area contributed by atoms with Crippen LogP contribution in [0.15, 0.2) is 12.1 Å². The van der Waals surface area contributed by atoms with Crippen molar-refractivity contribution in [3.05, 3.63) is 33.6 Å². The third-order valence-electron chi connectivity index (χ3n) is 3.64. The molecule has 0 bridgehead atoms. The second kappa shape index (κ2) is 6.17. The average Bonchev–Trinajstić information content (AvgIpc) is 2.58. The molecule has 1 aromatic carbocycles. The molecular weight excluding hydrogens is 265 g/mol. The molecule has 0 saturated heterocycles. The summed E-state index contributed by atoms with van der Waals surface area (Å²) >= 11 is 0. The molecule has 0 amide bonds. The highest BCUT2D eigenvalue weighted by molar-refractivity contribution is 5.45. The average molecular weight is 283 g/mol. The fraction of sp³-hybridized carbons (Fsp3) is 0.571. The Bertz CT molecular complexity index is 506. The minimum atomic E-state index is -0.765. The van der Waals surface area contributed by atoms with E-state index in [4.69, 9.17) is 4.74 Å². The molecule has 6 heteroatoms. The molecule has 0 heterocycles. The Balaban J connectivity index is 2.20. The Labute approximate surface area is 116 Å². The highest BCUT2D eigenvalue weighted by Crippen LogP contribution is 2.30. The number of aliphatic hydroxyl groups excluding tert-OH is 1. The van der Waals surface area contributed by atoms with E-state index < -0.39 is 22.9 Å². The molecule has 2 atom stereocenters. The van der Waals surface area contributed by atoms with Crippen LogP contribution < -0.4 is 4.74 Å². The minimum Gasteiger partial charge on any atom is -0.485 e. The zero-order valence-corrected chi connectivity index (χ0v) is 11.3. The van der Waals surface area contributed by atoms with Crippen LogP contribution in [0.2, 0.25) is 0 Å². The Kier molecular flexibility index (Phi) is 4.54. The summed E-state index contributed by atoms with van der Waals surface area (Å²) < 4.78 is 19.4. The molecule has 5 nitrogen and oxygen atoms in total. The van der Waals surface area contributed by atoms with Crippen LogP contribution in [0.5, 0.6) is 5.75 Å². The lowest BCUT2D eigenvalue weighted by atomic mass is 10.1. The van der Waals surface area contributed by atoms with Crippen molar-refractivity contribution >= 4 is 5.69 Å². The van der Waals surface area contributed by atoms with E-state index in [1.165, 1.54) is 13.0 Å². The third kappa shape index (κ3) is 3.25. The van der Waals surface area contributed by atoms with Crippen LogP contribution in [-0.4, -0.2) is 22.2 Å². The number of ether oxygens (including phenoxy) is 1. The molecule has 0 radical (unpaired) electrons. The number of aryl methyl sites for hydroxylation is 1. The van der Waals surface area contributed by atoms with Crippen molar-refractivity contribution in [2.75, 3.05) is 0 Å². The first-order valence-electron chi connectivity index (χ1n) is 6.78. The zero-order valence-electron chi connectivity index (χ0n) is 11.3. The number of nitrogens with zero attached hydrogens (tertiary/aromatic N) is 1. The second-order valence-electron chi connectivity index (χ2n) is 5.19. The van der Waals surface area contributed by atoms with Gasteiger partial charge in [0.1, 0.15) is 6.10 Å². The molecule has 0 spiro atoms. The summed E-state index contributed by atoms with van der Waals surface area (Å²) in [6, 6.07) is 2.19. The molecule has 20 heavy (non-hydrogen) atoms. The lowest BCUT2D eigenvalue weighted by Gasteiger charge is -2.22. The molecule has 1 fully saturated rings. The summed E-state index contributed by atoms with van der Waals surface area (Å²) in [7, 11) is 0. The van der Waals surface area contributed by atoms with Crippen LogP contribution in [0, 0.1) is 22.9 Å². The Morgan fingerprint density at radius 3 is 2.75 bits per heavy atom. The fourth-order valence-electron chi connectivity index (χ4n) is 2.49. The SMILES string of the molecule is Cc1cc(OC2CCCCCC2O)c(F)cc1[N+](=O)[O-]. The van der Waals surface area contributed by atoms with E-state index >= 15 is 0 Å². The smallest absolute Gasteiger partial charge is 0.275 e. The van der Waals surface area contributed by atoms with Gasteiger partial charge in [0.05, 0.1) is 17.1 Å². The Hall–Kier alpha value is -1.69. The topological polar surface area (TPSA) is 72.6 Å². The van der Waals surface area contributed by atoms with Crippen LogP contribution in [-0.2, 0) is 0 Å². The van der Waals surface area contributed by atoms with Crippen LogP contribution >= 0.6 is 0 Å². The van der Waals surface area contributed by atoms with Crippen molar-refractivity contribution in [3.63, 3.8) is 0 Å². The summed E-state index contributed by atoms with van der Waals surface area (Å²) in [6.45, 7) is 1.54. The number of benzene rings is 1. The maximum Gasteiger partial charge on any atom is 0.275 e. The minimum absolute atomic E-state index is 0.0287. The summed E-state index contributed by atoms with van der Waals surface area (Å²) in [5.41, 5.74) is 0.0748. The molecule has 1 aliphatic rings. The van der Waals surface area contributed by atoms with Crippen LogP contribution in [0.3, 0.4) is 0 Å².